The number of benzene rings is 2. The fraction of sp³-hybridized carbons (Fsp3) is 0.304. The lowest BCUT2D eigenvalue weighted by Crippen LogP contribution is -2.21. The Kier molecular flexibility index (Phi) is 7.41. The Hall–Kier alpha value is -3.12. The number of carbonyl (C=O) groups is 2. The van der Waals surface area contributed by atoms with E-state index in [4.69, 9.17) is 10.5 Å². The number of likely N-dealkylation sites (tertiary alicyclic amines) is 1. The van der Waals surface area contributed by atoms with Crippen molar-refractivity contribution >= 4 is 23.6 Å². The molecule has 6 nitrogen and oxygen atoms in total. The van der Waals surface area contributed by atoms with Crippen LogP contribution in [0.4, 0.5) is 5.69 Å². The fourth-order valence-electron chi connectivity index (χ4n) is 3.23. The van der Waals surface area contributed by atoms with Gasteiger partial charge in [0.15, 0.2) is 6.61 Å². The molecule has 1 fully saturated rings. The number of amides is 2. The highest BCUT2D eigenvalue weighted by Gasteiger charge is 2.10. The third kappa shape index (κ3) is 7.08. The van der Waals surface area contributed by atoms with E-state index in [0.717, 1.165) is 24.2 Å². The Balaban J connectivity index is 1.45. The third-order valence-corrected chi connectivity index (χ3v) is 4.83. The zero-order valence-corrected chi connectivity index (χ0v) is 16.5. The summed E-state index contributed by atoms with van der Waals surface area (Å²) in [4.78, 5) is 25.3. The van der Waals surface area contributed by atoms with Crippen molar-refractivity contribution in [1.82, 2.24) is 4.90 Å². The van der Waals surface area contributed by atoms with Gasteiger partial charge in [0.05, 0.1) is 0 Å². The van der Waals surface area contributed by atoms with Crippen molar-refractivity contribution in [1.29, 1.82) is 0 Å². The Morgan fingerprint density at radius 2 is 1.72 bits per heavy atom. The number of carbonyl (C=O) groups excluding carboxylic acids is 2. The van der Waals surface area contributed by atoms with Crippen LogP contribution in [0.5, 0.6) is 5.75 Å². The highest BCUT2D eigenvalue weighted by Crippen LogP contribution is 2.15. The van der Waals surface area contributed by atoms with Gasteiger partial charge in [0.2, 0.25) is 5.91 Å². The zero-order valence-electron chi connectivity index (χ0n) is 16.5. The number of nitrogens with one attached hydrogen (secondary N) is 1. The van der Waals surface area contributed by atoms with Gasteiger partial charge in [-0.25, -0.2) is 0 Å². The van der Waals surface area contributed by atoms with Crippen molar-refractivity contribution in [3.63, 3.8) is 0 Å². The number of nitrogens with two attached hydrogens (primary N) is 1. The lowest BCUT2D eigenvalue weighted by Gasteiger charge is -2.14. The second-order valence-corrected chi connectivity index (χ2v) is 7.14. The molecule has 2 aromatic carbocycles. The number of hydrogen-bond donors (Lipinski definition) is 2. The van der Waals surface area contributed by atoms with E-state index in [0.29, 0.717) is 5.75 Å². The molecule has 3 rings (SSSR count). The number of rotatable bonds is 9. The second kappa shape index (κ2) is 10.4. The maximum atomic E-state index is 12.1. The summed E-state index contributed by atoms with van der Waals surface area (Å²) in [6, 6.07) is 15.1. The van der Waals surface area contributed by atoms with Gasteiger partial charge in [0.1, 0.15) is 5.75 Å². The van der Waals surface area contributed by atoms with E-state index < -0.39 is 5.91 Å². The molecule has 0 aliphatic carbocycles. The first-order valence-electron chi connectivity index (χ1n) is 9.90. The Morgan fingerprint density at radius 1 is 1.03 bits per heavy atom. The molecule has 152 valence electrons. The monoisotopic (exact) mass is 393 g/mol. The van der Waals surface area contributed by atoms with E-state index in [1.54, 1.807) is 30.3 Å². The van der Waals surface area contributed by atoms with Gasteiger partial charge in [0.25, 0.3) is 5.91 Å². The molecule has 0 atom stereocenters. The zero-order chi connectivity index (χ0) is 20.5. The molecule has 1 saturated heterocycles. The highest BCUT2D eigenvalue weighted by atomic mass is 16.5. The summed E-state index contributed by atoms with van der Waals surface area (Å²) in [5.74, 6) is -0.163. The van der Waals surface area contributed by atoms with Crippen LogP contribution in [0, 0.1) is 0 Å². The van der Waals surface area contributed by atoms with Gasteiger partial charge in [-0.2, -0.15) is 0 Å². The van der Waals surface area contributed by atoms with Crippen LogP contribution in [0.2, 0.25) is 0 Å². The molecule has 1 heterocycles. The van der Waals surface area contributed by atoms with Crippen molar-refractivity contribution in [2.75, 3.05) is 31.6 Å². The van der Waals surface area contributed by atoms with Crippen LogP contribution in [0.25, 0.3) is 6.08 Å². The Bertz CT molecular complexity index is 839. The van der Waals surface area contributed by atoms with E-state index in [1.165, 1.54) is 37.6 Å². The summed E-state index contributed by atoms with van der Waals surface area (Å²) in [7, 11) is 0. The first kappa shape index (κ1) is 20.6. The normalized spacial score (nSPS) is 14.2. The van der Waals surface area contributed by atoms with Gasteiger partial charge in [-0.15, -0.1) is 0 Å². The molecule has 0 spiro atoms. The fourth-order valence-corrected chi connectivity index (χ4v) is 3.23. The molecule has 2 amide bonds. The van der Waals surface area contributed by atoms with Crippen LogP contribution in [0.3, 0.4) is 0 Å². The van der Waals surface area contributed by atoms with E-state index in [1.807, 2.05) is 12.1 Å². The predicted octanol–water partition coefficient (Wildman–Crippen LogP) is 2.84. The van der Waals surface area contributed by atoms with E-state index >= 15 is 0 Å². The SMILES string of the molecule is NC(=O)COc1ccc(/C=C/C(=O)Nc2ccc(CCN3CCCC3)cc2)cc1. The van der Waals surface area contributed by atoms with Crippen LogP contribution in [0.1, 0.15) is 24.0 Å². The van der Waals surface area contributed by atoms with Crippen molar-refractivity contribution in [2.45, 2.75) is 19.3 Å². The number of hydrogen-bond acceptors (Lipinski definition) is 4. The maximum absolute atomic E-state index is 12.1. The van der Waals surface area contributed by atoms with Crippen LogP contribution < -0.4 is 15.8 Å². The van der Waals surface area contributed by atoms with Gasteiger partial charge in [-0.1, -0.05) is 24.3 Å². The molecule has 6 heteroatoms. The quantitative estimate of drug-likeness (QED) is 0.642. The predicted molar refractivity (Wildman–Crippen MR) is 115 cm³/mol. The largest absolute Gasteiger partial charge is 0.484 e. The van der Waals surface area contributed by atoms with E-state index in [2.05, 4.69) is 22.3 Å². The standard InChI is InChI=1S/C23H27N3O3/c24-22(27)17-29-21-10-5-18(6-11-21)7-12-23(28)25-20-8-3-19(4-9-20)13-16-26-14-1-2-15-26/h3-12H,1-2,13-17H2,(H2,24,27)(H,25,28)/b12-7+. The van der Waals surface area contributed by atoms with Gasteiger partial charge in [0, 0.05) is 18.3 Å². The van der Waals surface area contributed by atoms with Crippen molar-refractivity contribution in [2.24, 2.45) is 5.73 Å². The molecular formula is C23H27N3O3. The summed E-state index contributed by atoms with van der Waals surface area (Å²) in [6.45, 7) is 3.36. The molecule has 0 aromatic heterocycles. The molecule has 2 aromatic rings. The molecule has 3 N–H and O–H groups in total. The van der Waals surface area contributed by atoms with Crippen molar-refractivity contribution < 1.29 is 14.3 Å². The molecule has 0 bridgehead atoms. The lowest BCUT2D eigenvalue weighted by atomic mass is 10.1. The lowest BCUT2D eigenvalue weighted by molar-refractivity contribution is -0.120. The summed E-state index contributed by atoms with van der Waals surface area (Å²) < 4.78 is 5.20. The minimum atomic E-state index is -0.523. The van der Waals surface area contributed by atoms with Crippen LogP contribution >= 0.6 is 0 Å². The van der Waals surface area contributed by atoms with Crippen LogP contribution in [-0.2, 0) is 16.0 Å². The number of ether oxygens (including phenoxy) is 1. The molecule has 0 radical (unpaired) electrons. The first-order valence-corrected chi connectivity index (χ1v) is 9.90. The number of nitrogens with zero attached hydrogens (tertiary/aromatic N) is 1. The summed E-state index contributed by atoms with van der Waals surface area (Å²) in [5.41, 5.74) is 7.95. The Morgan fingerprint density at radius 3 is 2.38 bits per heavy atom. The molecular weight excluding hydrogens is 366 g/mol. The third-order valence-electron chi connectivity index (χ3n) is 4.83. The smallest absolute Gasteiger partial charge is 0.255 e. The van der Waals surface area contributed by atoms with Crippen LogP contribution in [-0.4, -0.2) is 43.0 Å². The Labute approximate surface area is 171 Å². The van der Waals surface area contributed by atoms with Crippen molar-refractivity contribution in [3.05, 3.63) is 65.7 Å². The average molecular weight is 393 g/mol. The average Bonchev–Trinajstić information content (AvgIpc) is 3.25. The number of primary amides is 1. The van der Waals surface area contributed by atoms with Crippen LogP contribution in [0.15, 0.2) is 54.6 Å². The topological polar surface area (TPSA) is 84.7 Å². The second-order valence-electron chi connectivity index (χ2n) is 7.14. The first-order chi connectivity index (χ1) is 14.1. The van der Waals surface area contributed by atoms with Gasteiger partial charge >= 0.3 is 0 Å². The minimum Gasteiger partial charge on any atom is -0.484 e. The maximum Gasteiger partial charge on any atom is 0.255 e. The summed E-state index contributed by atoms with van der Waals surface area (Å²) in [6.07, 6.45) is 6.86. The molecule has 0 unspecified atom stereocenters. The van der Waals surface area contributed by atoms with Gasteiger partial charge < -0.3 is 20.7 Å². The molecule has 0 saturated carbocycles. The summed E-state index contributed by atoms with van der Waals surface area (Å²) in [5, 5.41) is 2.87. The molecule has 1 aliphatic rings. The van der Waals surface area contributed by atoms with E-state index in [9.17, 15) is 9.59 Å². The molecule has 1 aliphatic heterocycles. The van der Waals surface area contributed by atoms with Gasteiger partial charge in [-0.3, -0.25) is 9.59 Å². The van der Waals surface area contributed by atoms with Crippen molar-refractivity contribution in [3.8, 4) is 5.75 Å². The van der Waals surface area contributed by atoms with E-state index in [-0.39, 0.29) is 12.5 Å². The molecule has 29 heavy (non-hydrogen) atoms. The van der Waals surface area contributed by atoms with Gasteiger partial charge in [-0.05, 0) is 73.8 Å². The summed E-state index contributed by atoms with van der Waals surface area (Å²) >= 11 is 0. The highest BCUT2D eigenvalue weighted by molar-refractivity contribution is 6.01. The number of anilines is 1. The minimum absolute atomic E-state index is 0.158.